The summed E-state index contributed by atoms with van der Waals surface area (Å²) in [7, 11) is 0. The molecule has 0 amide bonds. The summed E-state index contributed by atoms with van der Waals surface area (Å²) < 4.78 is 0. The number of aryl methyl sites for hydroxylation is 1. The molecular formula is C15H19NOS. The lowest BCUT2D eigenvalue weighted by atomic mass is 10.0. The monoisotopic (exact) mass is 261 g/mol. The maximum atomic E-state index is 9.97. The van der Waals surface area contributed by atoms with Crippen LogP contribution in [-0.4, -0.2) is 5.11 Å². The van der Waals surface area contributed by atoms with Gasteiger partial charge in [-0.3, -0.25) is 0 Å². The fourth-order valence-electron chi connectivity index (χ4n) is 2.10. The molecule has 1 heterocycles. The summed E-state index contributed by atoms with van der Waals surface area (Å²) in [5.41, 5.74) is 2.03. The molecule has 0 aliphatic carbocycles. The number of phenols is 1. The lowest BCUT2D eigenvalue weighted by Gasteiger charge is -2.20. The highest BCUT2D eigenvalue weighted by Crippen LogP contribution is 2.28. The largest absolute Gasteiger partial charge is 0.508 e. The average molecular weight is 261 g/mol. The van der Waals surface area contributed by atoms with Crippen LogP contribution < -0.4 is 5.32 Å². The molecule has 2 rings (SSSR count). The molecule has 0 aliphatic rings. The summed E-state index contributed by atoms with van der Waals surface area (Å²) in [6.07, 6.45) is 0. The first-order valence-corrected chi connectivity index (χ1v) is 7.05. The smallest absolute Gasteiger partial charge is 0.120 e. The zero-order chi connectivity index (χ0) is 13.1. The molecular weight excluding hydrogens is 242 g/mol. The van der Waals surface area contributed by atoms with Crippen LogP contribution in [0.25, 0.3) is 0 Å². The van der Waals surface area contributed by atoms with Crippen molar-refractivity contribution in [2.24, 2.45) is 0 Å². The van der Waals surface area contributed by atoms with Crippen LogP contribution in [-0.2, 0) is 0 Å². The van der Waals surface area contributed by atoms with Crippen molar-refractivity contribution < 1.29 is 5.11 Å². The van der Waals surface area contributed by atoms with Crippen LogP contribution >= 0.6 is 11.3 Å². The summed E-state index contributed by atoms with van der Waals surface area (Å²) >= 11 is 1.75. The predicted molar refractivity (Wildman–Crippen MR) is 77.1 cm³/mol. The van der Waals surface area contributed by atoms with Gasteiger partial charge in [0.25, 0.3) is 0 Å². The van der Waals surface area contributed by atoms with E-state index in [2.05, 4.69) is 36.7 Å². The van der Waals surface area contributed by atoms with Gasteiger partial charge in [0.1, 0.15) is 5.75 Å². The summed E-state index contributed by atoms with van der Waals surface area (Å²) in [5.74, 6) is 0.369. The lowest BCUT2D eigenvalue weighted by molar-refractivity contribution is 0.439. The van der Waals surface area contributed by atoms with E-state index in [4.69, 9.17) is 0 Å². The number of benzene rings is 1. The Hall–Kier alpha value is -1.32. The molecule has 2 unspecified atom stereocenters. The molecule has 0 spiro atoms. The van der Waals surface area contributed by atoms with Gasteiger partial charge in [0.2, 0.25) is 0 Å². The van der Waals surface area contributed by atoms with Crippen molar-refractivity contribution >= 4 is 11.3 Å². The quantitative estimate of drug-likeness (QED) is 0.865. The summed E-state index contributed by atoms with van der Waals surface area (Å²) in [6, 6.07) is 10.4. The van der Waals surface area contributed by atoms with Crippen LogP contribution in [0.15, 0.2) is 35.7 Å². The Bertz CT molecular complexity index is 507. The first-order valence-electron chi connectivity index (χ1n) is 6.17. The van der Waals surface area contributed by atoms with E-state index >= 15 is 0 Å². The van der Waals surface area contributed by atoms with E-state index < -0.39 is 0 Å². The Kier molecular flexibility index (Phi) is 4.04. The minimum Gasteiger partial charge on any atom is -0.508 e. The second-order valence-corrected chi connectivity index (χ2v) is 5.67. The molecule has 96 valence electrons. The highest BCUT2D eigenvalue weighted by molar-refractivity contribution is 7.10. The predicted octanol–water partition coefficient (Wildman–Crippen LogP) is 4.17. The van der Waals surface area contributed by atoms with E-state index in [0.29, 0.717) is 11.8 Å². The third-order valence-electron chi connectivity index (χ3n) is 3.12. The molecule has 2 aromatic rings. The van der Waals surface area contributed by atoms with Gasteiger partial charge in [-0.1, -0.05) is 18.2 Å². The highest BCUT2D eigenvalue weighted by atomic mass is 32.1. The number of thiophene rings is 1. The van der Waals surface area contributed by atoms with E-state index in [1.54, 1.807) is 11.3 Å². The number of phenolic OH excluding ortho intramolecular Hbond substituents is 1. The molecule has 0 radical (unpaired) electrons. The zero-order valence-electron chi connectivity index (χ0n) is 11.0. The molecule has 2 N–H and O–H groups in total. The van der Waals surface area contributed by atoms with Crippen molar-refractivity contribution in [1.82, 2.24) is 5.32 Å². The van der Waals surface area contributed by atoms with Crippen molar-refractivity contribution in [2.75, 3.05) is 0 Å². The van der Waals surface area contributed by atoms with E-state index in [0.717, 1.165) is 11.1 Å². The van der Waals surface area contributed by atoms with Crippen LogP contribution in [0, 0.1) is 6.92 Å². The molecule has 0 bridgehead atoms. The Labute approximate surface area is 112 Å². The Morgan fingerprint density at radius 1 is 1.17 bits per heavy atom. The highest BCUT2D eigenvalue weighted by Gasteiger charge is 2.14. The minimum absolute atomic E-state index is 0.127. The molecule has 2 nitrogen and oxygen atoms in total. The number of nitrogens with one attached hydrogen (secondary N) is 1. The number of aromatic hydroxyl groups is 1. The maximum Gasteiger partial charge on any atom is 0.120 e. The third kappa shape index (κ3) is 2.92. The van der Waals surface area contributed by atoms with Gasteiger partial charge in [0, 0.05) is 22.5 Å². The van der Waals surface area contributed by atoms with Crippen molar-refractivity contribution in [3.05, 3.63) is 51.7 Å². The number of hydrogen-bond donors (Lipinski definition) is 2. The molecule has 1 aromatic carbocycles. The summed E-state index contributed by atoms with van der Waals surface area (Å²) in [5, 5.41) is 15.6. The van der Waals surface area contributed by atoms with E-state index in [-0.39, 0.29) is 6.04 Å². The summed E-state index contributed by atoms with van der Waals surface area (Å²) in [4.78, 5) is 1.31. The molecule has 1 aromatic heterocycles. The van der Waals surface area contributed by atoms with Crippen LogP contribution in [0.3, 0.4) is 0 Å². The molecule has 18 heavy (non-hydrogen) atoms. The van der Waals surface area contributed by atoms with Crippen LogP contribution in [0.2, 0.25) is 0 Å². The van der Waals surface area contributed by atoms with Gasteiger partial charge in [0.05, 0.1) is 0 Å². The van der Waals surface area contributed by atoms with Gasteiger partial charge < -0.3 is 10.4 Å². The first-order chi connectivity index (χ1) is 8.58. The molecule has 3 heteroatoms. The second kappa shape index (κ2) is 5.55. The number of rotatable bonds is 4. The molecule has 0 aliphatic heterocycles. The molecule has 2 atom stereocenters. The van der Waals surface area contributed by atoms with Crippen molar-refractivity contribution in [3.8, 4) is 5.75 Å². The Balaban J connectivity index is 2.10. The molecule has 0 saturated carbocycles. The minimum atomic E-state index is 0.127. The summed E-state index contributed by atoms with van der Waals surface area (Å²) in [6.45, 7) is 6.21. The molecule has 0 fully saturated rings. The van der Waals surface area contributed by atoms with Gasteiger partial charge in [-0.05, 0) is 43.8 Å². The van der Waals surface area contributed by atoms with Gasteiger partial charge in [-0.25, -0.2) is 0 Å². The lowest BCUT2D eigenvalue weighted by Crippen LogP contribution is -2.21. The van der Waals surface area contributed by atoms with Gasteiger partial charge in [0.15, 0.2) is 0 Å². The molecule has 0 saturated heterocycles. The zero-order valence-corrected chi connectivity index (χ0v) is 11.8. The van der Waals surface area contributed by atoms with Crippen LogP contribution in [0.4, 0.5) is 0 Å². The fourth-order valence-corrected chi connectivity index (χ4v) is 2.85. The van der Waals surface area contributed by atoms with E-state index in [9.17, 15) is 5.11 Å². The van der Waals surface area contributed by atoms with Crippen LogP contribution in [0.1, 0.15) is 41.9 Å². The van der Waals surface area contributed by atoms with Gasteiger partial charge in [-0.15, -0.1) is 11.3 Å². The van der Waals surface area contributed by atoms with Gasteiger partial charge in [-0.2, -0.15) is 0 Å². The van der Waals surface area contributed by atoms with Crippen molar-refractivity contribution in [1.29, 1.82) is 0 Å². The van der Waals surface area contributed by atoms with E-state index in [1.807, 2.05) is 25.1 Å². The van der Waals surface area contributed by atoms with E-state index in [1.165, 1.54) is 4.88 Å². The van der Waals surface area contributed by atoms with Crippen molar-refractivity contribution in [2.45, 2.75) is 32.9 Å². The number of hydrogen-bond acceptors (Lipinski definition) is 3. The first kappa shape index (κ1) is 13.1. The third-order valence-corrected chi connectivity index (χ3v) is 4.18. The van der Waals surface area contributed by atoms with Crippen LogP contribution in [0.5, 0.6) is 5.75 Å². The fraction of sp³-hybridized carbons (Fsp3) is 0.333. The average Bonchev–Trinajstić information content (AvgIpc) is 2.81. The Morgan fingerprint density at radius 2 is 1.94 bits per heavy atom. The topological polar surface area (TPSA) is 32.3 Å². The van der Waals surface area contributed by atoms with Crippen molar-refractivity contribution in [3.63, 3.8) is 0 Å². The maximum absolute atomic E-state index is 9.97. The van der Waals surface area contributed by atoms with Gasteiger partial charge >= 0.3 is 0 Å². The Morgan fingerprint density at radius 3 is 2.56 bits per heavy atom. The normalized spacial score (nSPS) is 14.4. The SMILES string of the molecule is Cc1ccc(C(C)NC(C)c2cccs2)c(O)c1. The second-order valence-electron chi connectivity index (χ2n) is 4.69. The standard InChI is InChI=1S/C15H19NOS/c1-10-6-7-13(14(17)9-10)11(2)16-12(3)15-5-4-8-18-15/h4-9,11-12,16-17H,1-3H3.